The van der Waals surface area contributed by atoms with Crippen LogP contribution in [0.1, 0.15) is 40.9 Å². The maximum atomic E-state index is 5.23. The summed E-state index contributed by atoms with van der Waals surface area (Å²) < 4.78 is 7.46. The van der Waals surface area contributed by atoms with E-state index in [9.17, 15) is 0 Å². The van der Waals surface area contributed by atoms with Gasteiger partial charge in [-0.05, 0) is 48.2 Å². The molecule has 0 amide bonds. The van der Waals surface area contributed by atoms with Crippen molar-refractivity contribution in [1.82, 2.24) is 9.55 Å². The van der Waals surface area contributed by atoms with Gasteiger partial charge in [0.15, 0.2) is 0 Å². The van der Waals surface area contributed by atoms with E-state index >= 15 is 0 Å². The van der Waals surface area contributed by atoms with Gasteiger partial charge in [0, 0.05) is 24.9 Å². The first-order chi connectivity index (χ1) is 11.6. The van der Waals surface area contributed by atoms with Gasteiger partial charge in [-0.25, -0.2) is 4.98 Å². The van der Waals surface area contributed by atoms with Crippen molar-refractivity contribution in [2.24, 2.45) is 0 Å². The molecule has 1 unspecified atom stereocenters. The second kappa shape index (κ2) is 6.91. The molecule has 0 aliphatic heterocycles. The molecule has 124 valence electrons. The van der Waals surface area contributed by atoms with E-state index in [0.29, 0.717) is 0 Å². The predicted octanol–water partition coefficient (Wildman–Crippen LogP) is 4.71. The largest absolute Gasteiger partial charge is 0.497 e. The molecule has 0 radical (unpaired) electrons. The fourth-order valence-electron chi connectivity index (χ4n) is 3.14. The van der Waals surface area contributed by atoms with Gasteiger partial charge in [0.25, 0.3) is 0 Å². The summed E-state index contributed by atoms with van der Waals surface area (Å²) in [4.78, 5) is 4.63. The van der Waals surface area contributed by atoms with Crippen molar-refractivity contribution in [3.8, 4) is 5.75 Å². The number of imidazole rings is 1. The topological polar surface area (TPSA) is 27.1 Å². The van der Waals surface area contributed by atoms with Crippen LogP contribution in [0.2, 0.25) is 0 Å². The van der Waals surface area contributed by atoms with Gasteiger partial charge >= 0.3 is 0 Å². The quantitative estimate of drug-likeness (QED) is 0.681. The summed E-state index contributed by atoms with van der Waals surface area (Å²) in [7, 11) is 1.69. The average molecular weight is 320 g/mol. The summed E-state index contributed by atoms with van der Waals surface area (Å²) in [6.45, 7) is 7.40. The summed E-state index contributed by atoms with van der Waals surface area (Å²) in [6.07, 6.45) is 3.95. The minimum Gasteiger partial charge on any atom is -0.497 e. The third kappa shape index (κ3) is 3.21. The van der Waals surface area contributed by atoms with Crippen molar-refractivity contribution in [2.75, 3.05) is 7.11 Å². The van der Waals surface area contributed by atoms with E-state index in [1.165, 1.54) is 22.3 Å². The van der Waals surface area contributed by atoms with E-state index in [1.54, 1.807) is 7.11 Å². The molecular weight excluding hydrogens is 296 g/mol. The van der Waals surface area contributed by atoms with Crippen LogP contribution < -0.4 is 4.74 Å². The number of aryl methyl sites for hydroxylation is 1. The highest BCUT2D eigenvalue weighted by molar-refractivity contribution is 5.38. The number of nitrogens with zero attached hydrogens (tertiary/aromatic N) is 2. The fourth-order valence-corrected chi connectivity index (χ4v) is 3.14. The zero-order valence-corrected chi connectivity index (χ0v) is 14.8. The Balaban J connectivity index is 1.87. The van der Waals surface area contributed by atoms with Crippen LogP contribution in [0.15, 0.2) is 54.9 Å². The number of aromatic nitrogens is 2. The van der Waals surface area contributed by atoms with Gasteiger partial charge in [0.1, 0.15) is 11.6 Å². The smallest absolute Gasteiger partial charge is 0.118 e. The predicted molar refractivity (Wildman–Crippen MR) is 97.8 cm³/mol. The number of hydrogen-bond acceptors (Lipinski definition) is 2. The molecule has 0 aliphatic carbocycles. The number of benzene rings is 2. The Bertz CT molecular complexity index is 818. The van der Waals surface area contributed by atoms with Crippen molar-refractivity contribution >= 4 is 0 Å². The lowest BCUT2D eigenvalue weighted by Gasteiger charge is -2.18. The van der Waals surface area contributed by atoms with Gasteiger partial charge in [-0.2, -0.15) is 0 Å². The van der Waals surface area contributed by atoms with Crippen LogP contribution in [0.5, 0.6) is 5.75 Å². The first kappa shape index (κ1) is 16.3. The first-order valence-electron chi connectivity index (χ1n) is 8.30. The Morgan fingerprint density at radius 2 is 1.83 bits per heavy atom. The molecule has 0 bridgehead atoms. The summed E-state index contributed by atoms with van der Waals surface area (Å²) in [6, 6.07) is 14.7. The third-order valence-electron chi connectivity index (χ3n) is 4.76. The SMILES string of the molecule is COc1ccc(Cn2ccnc2C(C)c2cccc(C)c2C)cc1. The number of ether oxygens (including phenoxy) is 1. The average Bonchev–Trinajstić information content (AvgIpc) is 3.05. The second-order valence-corrected chi connectivity index (χ2v) is 6.27. The molecule has 2 aromatic carbocycles. The highest BCUT2D eigenvalue weighted by Crippen LogP contribution is 2.27. The lowest BCUT2D eigenvalue weighted by molar-refractivity contribution is 0.414. The van der Waals surface area contributed by atoms with E-state index in [0.717, 1.165) is 18.1 Å². The van der Waals surface area contributed by atoms with E-state index in [1.807, 2.05) is 18.3 Å². The summed E-state index contributed by atoms with van der Waals surface area (Å²) >= 11 is 0. The molecular formula is C21H24N2O. The van der Waals surface area contributed by atoms with Gasteiger partial charge in [0.05, 0.1) is 7.11 Å². The van der Waals surface area contributed by atoms with Gasteiger partial charge in [-0.15, -0.1) is 0 Å². The summed E-state index contributed by atoms with van der Waals surface area (Å²) in [5, 5.41) is 0. The minimum absolute atomic E-state index is 0.262. The van der Waals surface area contributed by atoms with Crippen molar-refractivity contribution < 1.29 is 4.74 Å². The molecule has 3 nitrogen and oxygen atoms in total. The molecule has 0 N–H and O–H groups in total. The highest BCUT2D eigenvalue weighted by atomic mass is 16.5. The maximum absolute atomic E-state index is 5.23. The molecule has 1 atom stereocenters. The Hall–Kier alpha value is -2.55. The van der Waals surface area contributed by atoms with Gasteiger partial charge in [0.2, 0.25) is 0 Å². The molecule has 24 heavy (non-hydrogen) atoms. The van der Waals surface area contributed by atoms with Crippen LogP contribution in [-0.4, -0.2) is 16.7 Å². The highest BCUT2D eigenvalue weighted by Gasteiger charge is 2.17. The van der Waals surface area contributed by atoms with E-state index in [-0.39, 0.29) is 5.92 Å². The van der Waals surface area contributed by atoms with Crippen LogP contribution in [0.4, 0.5) is 0 Å². The molecule has 3 aromatic rings. The zero-order chi connectivity index (χ0) is 17.1. The second-order valence-electron chi connectivity index (χ2n) is 6.27. The van der Waals surface area contributed by atoms with Gasteiger partial charge < -0.3 is 9.30 Å². The van der Waals surface area contributed by atoms with Crippen LogP contribution in [0, 0.1) is 13.8 Å². The molecule has 0 spiro atoms. The van der Waals surface area contributed by atoms with E-state index < -0.39 is 0 Å². The minimum atomic E-state index is 0.262. The zero-order valence-electron chi connectivity index (χ0n) is 14.8. The Morgan fingerprint density at radius 1 is 1.08 bits per heavy atom. The van der Waals surface area contributed by atoms with E-state index in [4.69, 9.17) is 4.74 Å². The lowest BCUT2D eigenvalue weighted by Crippen LogP contribution is -2.10. The molecule has 3 rings (SSSR count). The van der Waals surface area contributed by atoms with Gasteiger partial charge in [-0.1, -0.05) is 37.3 Å². The van der Waals surface area contributed by atoms with Crippen LogP contribution in [0.3, 0.4) is 0 Å². The fraction of sp³-hybridized carbons (Fsp3) is 0.286. The van der Waals surface area contributed by atoms with Crippen molar-refractivity contribution in [3.05, 3.63) is 82.9 Å². The molecule has 0 saturated heterocycles. The Labute approximate surface area is 143 Å². The number of hydrogen-bond donors (Lipinski definition) is 0. The van der Waals surface area contributed by atoms with Crippen molar-refractivity contribution in [3.63, 3.8) is 0 Å². The lowest BCUT2D eigenvalue weighted by atomic mass is 9.93. The first-order valence-corrected chi connectivity index (χ1v) is 8.30. The van der Waals surface area contributed by atoms with Crippen molar-refractivity contribution in [1.29, 1.82) is 0 Å². The van der Waals surface area contributed by atoms with Crippen LogP contribution in [0.25, 0.3) is 0 Å². The number of methoxy groups -OCH3 is 1. The molecule has 0 saturated carbocycles. The summed E-state index contributed by atoms with van der Waals surface area (Å²) in [5.74, 6) is 2.24. The van der Waals surface area contributed by atoms with Crippen LogP contribution >= 0.6 is 0 Å². The third-order valence-corrected chi connectivity index (χ3v) is 4.76. The Morgan fingerprint density at radius 3 is 2.54 bits per heavy atom. The molecule has 0 fully saturated rings. The summed E-state index contributed by atoms with van der Waals surface area (Å²) in [5.41, 5.74) is 5.26. The van der Waals surface area contributed by atoms with E-state index in [2.05, 4.69) is 66.9 Å². The molecule has 3 heteroatoms. The standard InChI is InChI=1S/C21H24N2O/c1-15-6-5-7-20(16(15)2)17(3)21-22-12-13-23(21)14-18-8-10-19(24-4)11-9-18/h5-13,17H,14H2,1-4H3. The maximum Gasteiger partial charge on any atom is 0.118 e. The number of rotatable bonds is 5. The Kier molecular flexibility index (Phi) is 4.70. The molecule has 1 aromatic heterocycles. The molecule has 1 heterocycles. The molecule has 0 aliphatic rings. The monoisotopic (exact) mass is 320 g/mol. The van der Waals surface area contributed by atoms with Crippen molar-refractivity contribution in [2.45, 2.75) is 33.2 Å². The van der Waals surface area contributed by atoms with Gasteiger partial charge in [-0.3, -0.25) is 0 Å². The van der Waals surface area contributed by atoms with Crippen LogP contribution in [-0.2, 0) is 6.54 Å². The normalized spacial score (nSPS) is 12.2.